The second-order valence-electron chi connectivity index (χ2n) is 3.95. The number of hydrogen-bond acceptors (Lipinski definition) is 5. The van der Waals surface area contributed by atoms with E-state index in [1.54, 1.807) is 17.4 Å². The van der Waals surface area contributed by atoms with E-state index in [4.69, 9.17) is 10.9 Å². The molecule has 7 heteroatoms. The summed E-state index contributed by atoms with van der Waals surface area (Å²) < 4.78 is 1.08. The molecule has 0 saturated carbocycles. The fourth-order valence-electron chi connectivity index (χ4n) is 1.58. The fraction of sp³-hybridized carbons (Fsp3) is 0.167. The zero-order valence-corrected chi connectivity index (χ0v) is 12.6. The third-order valence-corrected chi connectivity index (χ3v) is 4.19. The molecule has 0 saturated heterocycles. The molecule has 2 aromatic heterocycles. The normalized spacial score (nSPS) is 11.6. The Morgan fingerprint density at radius 3 is 3.00 bits per heavy atom. The van der Waals surface area contributed by atoms with Crippen LogP contribution in [0.1, 0.15) is 10.6 Å². The molecule has 2 heterocycles. The highest BCUT2D eigenvalue weighted by Gasteiger charge is 2.08. The molecule has 2 rings (SSSR count). The minimum absolute atomic E-state index is 0.00844. The maximum atomic E-state index is 8.66. The van der Waals surface area contributed by atoms with Crippen molar-refractivity contribution in [2.24, 2.45) is 10.9 Å². The quantitative estimate of drug-likeness (QED) is 0.388. The molecule has 0 aliphatic heterocycles. The molecule has 0 aliphatic carbocycles. The van der Waals surface area contributed by atoms with Gasteiger partial charge in [-0.2, -0.15) is 0 Å². The van der Waals surface area contributed by atoms with Gasteiger partial charge < -0.3 is 15.8 Å². The topological polar surface area (TPSA) is 74.7 Å². The van der Waals surface area contributed by atoms with Gasteiger partial charge in [0.05, 0.1) is 6.54 Å². The lowest BCUT2D eigenvalue weighted by molar-refractivity contribution is 0.318. The van der Waals surface area contributed by atoms with Crippen molar-refractivity contribution < 1.29 is 5.21 Å². The summed E-state index contributed by atoms with van der Waals surface area (Å²) in [5.41, 5.74) is 5.99. The van der Waals surface area contributed by atoms with E-state index in [0.29, 0.717) is 5.69 Å². The summed E-state index contributed by atoms with van der Waals surface area (Å²) >= 11 is 5.12. The largest absolute Gasteiger partial charge is 0.409 e. The molecule has 0 spiro atoms. The molecule has 2 aromatic rings. The van der Waals surface area contributed by atoms with E-state index in [1.165, 1.54) is 4.88 Å². The first-order chi connectivity index (χ1) is 9.10. The molecule has 19 heavy (non-hydrogen) atoms. The standard InChI is InChI=1S/C12H13BrN4OS/c1-17(6-9-5-8(13)7-19-9)11-4-2-3-10(15-11)12(14)16-18/h2-5,7,18H,6H2,1H3,(H2,14,16). The molecule has 0 aromatic carbocycles. The van der Waals surface area contributed by atoms with Gasteiger partial charge in [0.25, 0.3) is 0 Å². The lowest BCUT2D eigenvalue weighted by atomic mass is 10.3. The Balaban J connectivity index is 2.17. The van der Waals surface area contributed by atoms with E-state index < -0.39 is 0 Å². The molecule has 0 aliphatic rings. The van der Waals surface area contributed by atoms with Crippen molar-refractivity contribution in [3.63, 3.8) is 0 Å². The maximum Gasteiger partial charge on any atom is 0.188 e. The SMILES string of the molecule is CN(Cc1cc(Br)cs1)c1cccc(C(N)=NO)n1. The Kier molecular flexibility index (Phi) is 4.39. The minimum Gasteiger partial charge on any atom is -0.409 e. The van der Waals surface area contributed by atoms with Gasteiger partial charge in [0.2, 0.25) is 0 Å². The Morgan fingerprint density at radius 1 is 1.58 bits per heavy atom. The van der Waals surface area contributed by atoms with Crippen molar-refractivity contribution in [2.75, 3.05) is 11.9 Å². The van der Waals surface area contributed by atoms with Gasteiger partial charge in [-0.15, -0.1) is 11.3 Å². The second-order valence-corrected chi connectivity index (χ2v) is 5.87. The number of halogens is 1. The summed E-state index contributed by atoms with van der Waals surface area (Å²) in [6, 6.07) is 7.50. The lowest BCUT2D eigenvalue weighted by Crippen LogP contribution is -2.20. The molecular weight excluding hydrogens is 328 g/mol. The molecular formula is C12H13BrN4OS. The Morgan fingerprint density at radius 2 is 2.37 bits per heavy atom. The number of aromatic nitrogens is 1. The number of oxime groups is 1. The number of nitrogens with zero attached hydrogens (tertiary/aromatic N) is 3. The van der Waals surface area contributed by atoms with Crippen LogP contribution in [0.3, 0.4) is 0 Å². The molecule has 0 amide bonds. The van der Waals surface area contributed by atoms with Gasteiger partial charge >= 0.3 is 0 Å². The van der Waals surface area contributed by atoms with Crippen molar-refractivity contribution in [3.05, 3.63) is 44.7 Å². The van der Waals surface area contributed by atoms with Crippen LogP contribution < -0.4 is 10.6 Å². The monoisotopic (exact) mass is 340 g/mol. The first kappa shape index (κ1) is 13.8. The van der Waals surface area contributed by atoms with E-state index in [-0.39, 0.29) is 5.84 Å². The van der Waals surface area contributed by atoms with Crippen LogP contribution in [0.5, 0.6) is 0 Å². The third-order valence-electron chi connectivity index (χ3n) is 2.51. The smallest absolute Gasteiger partial charge is 0.188 e. The van der Waals surface area contributed by atoms with Crippen LogP contribution >= 0.6 is 27.3 Å². The van der Waals surface area contributed by atoms with Crippen molar-refractivity contribution in [1.82, 2.24) is 4.98 Å². The van der Waals surface area contributed by atoms with E-state index >= 15 is 0 Å². The van der Waals surface area contributed by atoms with Crippen molar-refractivity contribution in [1.29, 1.82) is 0 Å². The van der Waals surface area contributed by atoms with Crippen LogP contribution in [-0.2, 0) is 6.54 Å². The molecule has 100 valence electrons. The summed E-state index contributed by atoms with van der Waals surface area (Å²) in [4.78, 5) is 7.58. The molecule has 0 radical (unpaired) electrons. The van der Waals surface area contributed by atoms with Crippen molar-refractivity contribution >= 4 is 38.9 Å². The number of amidine groups is 1. The van der Waals surface area contributed by atoms with Crippen LogP contribution in [0, 0.1) is 0 Å². The summed E-state index contributed by atoms with van der Waals surface area (Å²) in [6.07, 6.45) is 0. The molecule has 0 bridgehead atoms. The molecule has 0 atom stereocenters. The first-order valence-electron chi connectivity index (χ1n) is 5.49. The van der Waals surface area contributed by atoms with Gasteiger partial charge in [-0.05, 0) is 34.1 Å². The van der Waals surface area contributed by atoms with Gasteiger partial charge in [-0.3, -0.25) is 0 Å². The van der Waals surface area contributed by atoms with Gasteiger partial charge in [0.15, 0.2) is 5.84 Å². The Hall–Kier alpha value is -1.60. The number of rotatable bonds is 4. The maximum absolute atomic E-state index is 8.66. The summed E-state index contributed by atoms with van der Waals surface area (Å²) in [5.74, 6) is 0.780. The predicted molar refractivity (Wildman–Crippen MR) is 80.9 cm³/mol. The molecule has 0 fully saturated rings. The van der Waals surface area contributed by atoms with Gasteiger partial charge in [-0.25, -0.2) is 4.98 Å². The van der Waals surface area contributed by atoms with Crippen LogP contribution in [0.2, 0.25) is 0 Å². The summed E-state index contributed by atoms with van der Waals surface area (Å²) in [7, 11) is 1.95. The fourth-order valence-corrected chi connectivity index (χ4v) is 3.08. The first-order valence-corrected chi connectivity index (χ1v) is 7.16. The van der Waals surface area contributed by atoms with Crippen LogP contribution in [0.25, 0.3) is 0 Å². The number of pyridine rings is 1. The molecule has 0 unspecified atom stereocenters. The van der Waals surface area contributed by atoms with E-state index in [9.17, 15) is 0 Å². The Bertz CT molecular complexity index is 599. The van der Waals surface area contributed by atoms with Gasteiger partial charge in [-0.1, -0.05) is 11.2 Å². The molecule has 3 N–H and O–H groups in total. The lowest BCUT2D eigenvalue weighted by Gasteiger charge is -2.17. The number of nitrogens with two attached hydrogens (primary N) is 1. The summed E-state index contributed by atoms with van der Waals surface area (Å²) in [5, 5.41) is 13.7. The number of thiophene rings is 1. The van der Waals surface area contributed by atoms with E-state index in [1.807, 2.05) is 29.5 Å². The number of anilines is 1. The average Bonchev–Trinajstić information content (AvgIpc) is 2.83. The van der Waals surface area contributed by atoms with Crippen LogP contribution in [0.15, 0.2) is 39.3 Å². The van der Waals surface area contributed by atoms with Gasteiger partial charge in [0, 0.05) is 21.8 Å². The van der Waals surface area contributed by atoms with Crippen molar-refractivity contribution in [2.45, 2.75) is 6.54 Å². The Labute approximate surface area is 123 Å². The third kappa shape index (κ3) is 3.45. The van der Waals surface area contributed by atoms with E-state index in [0.717, 1.165) is 16.8 Å². The predicted octanol–water partition coefficient (Wildman–Crippen LogP) is 2.64. The van der Waals surface area contributed by atoms with Crippen molar-refractivity contribution in [3.8, 4) is 0 Å². The highest BCUT2D eigenvalue weighted by Crippen LogP contribution is 2.22. The zero-order chi connectivity index (χ0) is 13.8. The van der Waals surface area contributed by atoms with Crippen LogP contribution in [-0.4, -0.2) is 23.1 Å². The summed E-state index contributed by atoms with van der Waals surface area (Å²) in [6.45, 7) is 0.753. The van der Waals surface area contributed by atoms with E-state index in [2.05, 4.69) is 32.1 Å². The highest BCUT2D eigenvalue weighted by molar-refractivity contribution is 9.10. The zero-order valence-electron chi connectivity index (χ0n) is 10.2. The second kappa shape index (κ2) is 6.03. The average molecular weight is 341 g/mol. The number of hydrogen-bond donors (Lipinski definition) is 2. The van der Waals surface area contributed by atoms with Crippen LogP contribution in [0.4, 0.5) is 5.82 Å². The molecule has 5 nitrogen and oxygen atoms in total. The van der Waals surface area contributed by atoms with Gasteiger partial charge in [0.1, 0.15) is 11.5 Å². The highest BCUT2D eigenvalue weighted by atomic mass is 79.9. The minimum atomic E-state index is 0.00844.